The second-order valence-electron chi connectivity index (χ2n) is 4.11. The van der Waals surface area contributed by atoms with Gasteiger partial charge in [-0.15, -0.1) is 11.3 Å². The van der Waals surface area contributed by atoms with Crippen LogP contribution in [0.25, 0.3) is 0 Å². The molecule has 102 valence electrons. The summed E-state index contributed by atoms with van der Waals surface area (Å²) in [5.74, 6) is 7.15. The van der Waals surface area contributed by atoms with Crippen LogP contribution in [0.2, 0.25) is 0 Å². The molecule has 0 amide bonds. The minimum Gasteiger partial charge on any atom is -0.493 e. The Morgan fingerprint density at radius 3 is 2.47 bits per heavy atom. The highest BCUT2D eigenvalue weighted by atomic mass is 32.1. The number of para-hydroxylation sites is 1. The van der Waals surface area contributed by atoms with E-state index < -0.39 is 0 Å². The van der Waals surface area contributed by atoms with Crippen molar-refractivity contribution in [3.63, 3.8) is 0 Å². The van der Waals surface area contributed by atoms with Gasteiger partial charge in [0, 0.05) is 10.4 Å². The van der Waals surface area contributed by atoms with Gasteiger partial charge in [0.1, 0.15) is 0 Å². The average Bonchev–Trinajstić information content (AvgIpc) is 2.85. The molecule has 0 saturated heterocycles. The Hall–Kier alpha value is -1.56. The van der Waals surface area contributed by atoms with Gasteiger partial charge in [0.15, 0.2) is 11.5 Å². The van der Waals surface area contributed by atoms with Crippen LogP contribution in [0.3, 0.4) is 0 Å². The van der Waals surface area contributed by atoms with Crippen LogP contribution >= 0.6 is 11.3 Å². The van der Waals surface area contributed by atoms with E-state index in [4.69, 9.17) is 15.3 Å². The molecule has 0 spiro atoms. The summed E-state index contributed by atoms with van der Waals surface area (Å²) in [4.78, 5) is 1.23. The van der Waals surface area contributed by atoms with Gasteiger partial charge in [-0.25, -0.2) is 5.43 Å². The maximum absolute atomic E-state index is 5.74. The molecule has 0 radical (unpaired) electrons. The molecule has 0 aliphatic heterocycles. The van der Waals surface area contributed by atoms with Crippen LogP contribution in [0.5, 0.6) is 11.5 Å². The molecular formula is C14H18N2O2S. The third-order valence-electron chi connectivity index (χ3n) is 3.12. The van der Waals surface area contributed by atoms with Crippen molar-refractivity contribution in [2.45, 2.75) is 13.0 Å². The van der Waals surface area contributed by atoms with E-state index in [1.807, 2.05) is 18.2 Å². The van der Waals surface area contributed by atoms with Crippen molar-refractivity contribution in [1.82, 2.24) is 5.43 Å². The number of ether oxygens (including phenoxy) is 2. The van der Waals surface area contributed by atoms with Crippen LogP contribution in [0, 0.1) is 6.92 Å². The van der Waals surface area contributed by atoms with E-state index in [1.165, 1.54) is 4.88 Å². The lowest BCUT2D eigenvalue weighted by atomic mass is 9.98. The molecule has 0 fully saturated rings. The minimum absolute atomic E-state index is 0.115. The summed E-state index contributed by atoms with van der Waals surface area (Å²) >= 11 is 1.70. The van der Waals surface area contributed by atoms with E-state index in [0.29, 0.717) is 11.5 Å². The van der Waals surface area contributed by atoms with Crippen LogP contribution in [0.15, 0.2) is 29.6 Å². The first-order valence-electron chi connectivity index (χ1n) is 5.94. The van der Waals surface area contributed by atoms with Crippen molar-refractivity contribution in [3.05, 3.63) is 45.6 Å². The van der Waals surface area contributed by atoms with Gasteiger partial charge in [-0.3, -0.25) is 5.84 Å². The molecule has 1 unspecified atom stereocenters. The molecule has 0 aliphatic rings. The normalized spacial score (nSPS) is 12.2. The number of benzene rings is 1. The number of hydrazine groups is 1. The SMILES string of the molecule is COc1cccc(C(NN)c2ccsc2C)c1OC. The number of thiophene rings is 1. The number of hydrogen-bond donors (Lipinski definition) is 2. The third-order valence-corrected chi connectivity index (χ3v) is 3.98. The predicted molar refractivity (Wildman–Crippen MR) is 77.8 cm³/mol. The zero-order valence-corrected chi connectivity index (χ0v) is 12.1. The Balaban J connectivity index is 2.53. The van der Waals surface area contributed by atoms with Crippen molar-refractivity contribution in [2.75, 3.05) is 14.2 Å². The van der Waals surface area contributed by atoms with Crippen molar-refractivity contribution in [2.24, 2.45) is 5.84 Å². The molecule has 5 heteroatoms. The Bertz CT molecular complexity index is 554. The fourth-order valence-electron chi connectivity index (χ4n) is 2.18. The quantitative estimate of drug-likeness (QED) is 0.652. The summed E-state index contributed by atoms with van der Waals surface area (Å²) in [6.07, 6.45) is 0. The maximum Gasteiger partial charge on any atom is 0.165 e. The van der Waals surface area contributed by atoms with E-state index in [-0.39, 0.29) is 6.04 Å². The minimum atomic E-state index is -0.115. The highest BCUT2D eigenvalue weighted by Gasteiger charge is 2.21. The van der Waals surface area contributed by atoms with Crippen molar-refractivity contribution in [1.29, 1.82) is 0 Å². The lowest BCUT2D eigenvalue weighted by Gasteiger charge is -2.20. The number of aryl methyl sites for hydroxylation is 1. The van der Waals surface area contributed by atoms with Gasteiger partial charge < -0.3 is 9.47 Å². The molecule has 1 atom stereocenters. The largest absolute Gasteiger partial charge is 0.493 e. The predicted octanol–water partition coefficient (Wildman–Crippen LogP) is 2.63. The van der Waals surface area contributed by atoms with Crippen molar-refractivity contribution < 1.29 is 9.47 Å². The Morgan fingerprint density at radius 1 is 1.16 bits per heavy atom. The number of hydrogen-bond acceptors (Lipinski definition) is 5. The van der Waals surface area contributed by atoms with Gasteiger partial charge in [-0.05, 0) is 30.0 Å². The van der Waals surface area contributed by atoms with Gasteiger partial charge in [0.2, 0.25) is 0 Å². The van der Waals surface area contributed by atoms with Crippen molar-refractivity contribution >= 4 is 11.3 Å². The van der Waals surface area contributed by atoms with Crippen molar-refractivity contribution in [3.8, 4) is 11.5 Å². The highest BCUT2D eigenvalue weighted by Crippen LogP contribution is 2.38. The summed E-state index contributed by atoms with van der Waals surface area (Å²) in [5.41, 5.74) is 4.97. The first-order chi connectivity index (χ1) is 9.22. The van der Waals surface area contributed by atoms with Crippen LogP contribution in [0.1, 0.15) is 22.0 Å². The third kappa shape index (κ3) is 2.58. The number of methoxy groups -OCH3 is 2. The first-order valence-corrected chi connectivity index (χ1v) is 6.81. The highest BCUT2D eigenvalue weighted by molar-refractivity contribution is 7.10. The molecule has 1 heterocycles. The first kappa shape index (κ1) is 13.9. The lowest BCUT2D eigenvalue weighted by Crippen LogP contribution is -2.29. The Kier molecular flexibility index (Phi) is 4.42. The van der Waals surface area contributed by atoms with Gasteiger partial charge in [0.05, 0.1) is 20.3 Å². The molecule has 0 bridgehead atoms. The van der Waals surface area contributed by atoms with E-state index in [2.05, 4.69) is 23.8 Å². The second kappa shape index (κ2) is 6.06. The topological polar surface area (TPSA) is 56.5 Å². The molecule has 2 aromatic rings. The number of nitrogens with one attached hydrogen (secondary N) is 1. The van der Waals surface area contributed by atoms with Gasteiger partial charge >= 0.3 is 0 Å². The Morgan fingerprint density at radius 2 is 1.95 bits per heavy atom. The number of nitrogens with two attached hydrogens (primary N) is 1. The van der Waals surface area contributed by atoms with E-state index in [0.717, 1.165) is 11.1 Å². The lowest BCUT2D eigenvalue weighted by molar-refractivity contribution is 0.349. The Labute approximate surface area is 117 Å². The molecule has 3 N–H and O–H groups in total. The smallest absolute Gasteiger partial charge is 0.165 e. The van der Waals surface area contributed by atoms with Gasteiger partial charge in [-0.2, -0.15) is 0 Å². The summed E-state index contributed by atoms with van der Waals surface area (Å²) in [7, 11) is 3.26. The summed E-state index contributed by atoms with van der Waals surface area (Å²) in [5, 5.41) is 2.06. The van der Waals surface area contributed by atoms with Gasteiger partial charge in [-0.1, -0.05) is 12.1 Å². The molecule has 19 heavy (non-hydrogen) atoms. The van der Waals surface area contributed by atoms with E-state index in [9.17, 15) is 0 Å². The molecule has 0 aliphatic carbocycles. The molecule has 1 aromatic heterocycles. The molecule has 2 rings (SSSR count). The van der Waals surface area contributed by atoms with Crippen LogP contribution in [0.4, 0.5) is 0 Å². The van der Waals surface area contributed by atoms with Crippen LogP contribution < -0.4 is 20.7 Å². The van der Waals surface area contributed by atoms with Crippen LogP contribution in [-0.4, -0.2) is 14.2 Å². The van der Waals surface area contributed by atoms with E-state index in [1.54, 1.807) is 25.6 Å². The molecule has 1 aromatic carbocycles. The van der Waals surface area contributed by atoms with Gasteiger partial charge in [0.25, 0.3) is 0 Å². The summed E-state index contributed by atoms with van der Waals surface area (Å²) in [6.45, 7) is 2.08. The standard InChI is InChI=1S/C14H18N2O2S/c1-9-10(7-8-19-9)13(16-15)11-5-4-6-12(17-2)14(11)18-3/h4-8,13,16H,15H2,1-3H3. The van der Waals surface area contributed by atoms with Crippen LogP contribution in [-0.2, 0) is 0 Å². The molecule has 0 saturated carbocycles. The monoisotopic (exact) mass is 278 g/mol. The fraction of sp³-hybridized carbons (Fsp3) is 0.286. The summed E-state index contributed by atoms with van der Waals surface area (Å²) in [6, 6.07) is 7.75. The summed E-state index contributed by atoms with van der Waals surface area (Å²) < 4.78 is 10.8. The maximum atomic E-state index is 5.74. The molecular weight excluding hydrogens is 260 g/mol. The fourth-order valence-corrected chi connectivity index (χ4v) is 2.92. The molecule has 4 nitrogen and oxygen atoms in total. The second-order valence-corrected chi connectivity index (χ2v) is 5.23. The zero-order valence-electron chi connectivity index (χ0n) is 11.3. The zero-order chi connectivity index (χ0) is 13.8. The number of rotatable bonds is 5. The van der Waals surface area contributed by atoms with E-state index >= 15 is 0 Å². The average molecular weight is 278 g/mol.